The quantitative estimate of drug-likeness (QED) is 0.341. The summed E-state index contributed by atoms with van der Waals surface area (Å²) in [6.07, 6.45) is 2.61. The Hall–Kier alpha value is -2.81. The molecule has 3 amide bonds. The molecule has 0 aliphatic heterocycles. The summed E-state index contributed by atoms with van der Waals surface area (Å²) in [5, 5.41) is 25.2. The van der Waals surface area contributed by atoms with E-state index in [9.17, 15) is 24.6 Å². The molecule has 0 radical (unpaired) electrons. The van der Waals surface area contributed by atoms with Gasteiger partial charge in [-0.25, -0.2) is 4.79 Å². The molecule has 2 atom stereocenters. The fourth-order valence-electron chi connectivity index (χ4n) is 3.44. The van der Waals surface area contributed by atoms with Crippen LogP contribution in [0.3, 0.4) is 0 Å². The zero-order valence-corrected chi connectivity index (χ0v) is 21.3. The topological polar surface area (TPSA) is 128 Å². The van der Waals surface area contributed by atoms with Crippen LogP contribution in [0.25, 0.3) is 0 Å². The highest BCUT2D eigenvalue weighted by molar-refractivity contribution is 5.92. The van der Waals surface area contributed by atoms with Crippen LogP contribution in [0.2, 0.25) is 0 Å². The zero-order valence-electron chi connectivity index (χ0n) is 21.3. The Labute approximate surface area is 202 Å². The van der Waals surface area contributed by atoms with Crippen LogP contribution >= 0.6 is 0 Å². The number of unbranched alkanes of at least 4 members (excludes halogenated alkanes) is 3. The number of hydrogen-bond acceptors (Lipinski definition) is 6. The molecule has 0 heterocycles. The maximum absolute atomic E-state index is 13.6. The summed E-state index contributed by atoms with van der Waals surface area (Å²) in [5.41, 5.74) is -0.357. The molecule has 192 valence electrons. The van der Waals surface area contributed by atoms with Crippen molar-refractivity contribution in [3.63, 3.8) is 0 Å². The second-order valence-corrected chi connectivity index (χ2v) is 9.63. The Morgan fingerprint density at radius 3 is 2.29 bits per heavy atom. The number of aliphatic hydroxyl groups excluding tert-OH is 1. The fourth-order valence-corrected chi connectivity index (χ4v) is 3.44. The largest absolute Gasteiger partial charge is 0.508 e. The summed E-state index contributed by atoms with van der Waals surface area (Å²) in [4.78, 5) is 40.5. The van der Waals surface area contributed by atoms with Crippen molar-refractivity contribution in [2.75, 3.05) is 13.2 Å². The summed E-state index contributed by atoms with van der Waals surface area (Å²) < 4.78 is 5.23. The van der Waals surface area contributed by atoms with E-state index in [4.69, 9.17) is 4.74 Å². The zero-order chi connectivity index (χ0) is 25.9. The third-order valence-corrected chi connectivity index (χ3v) is 4.88. The van der Waals surface area contributed by atoms with Gasteiger partial charge < -0.3 is 30.5 Å². The molecule has 4 N–H and O–H groups in total. The number of amides is 3. The monoisotopic (exact) mass is 479 g/mol. The summed E-state index contributed by atoms with van der Waals surface area (Å²) in [5.74, 6) is -1.07. The maximum Gasteiger partial charge on any atom is 0.408 e. The number of alkyl carbamates (subject to hydrolysis) is 1. The van der Waals surface area contributed by atoms with Gasteiger partial charge in [-0.1, -0.05) is 38.3 Å². The third kappa shape index (κ3) is 9.99. The van der Waals surface area contributed by atoms with Gasteiger partial charge in [0.1, 0.15) is 23.4 Å². The smallest absolute Gasteiger partial charge is 0.408 e. The number of nitrogens with zero attached hydrogens (tertiary/aromatic N) is 1. The molecule has 0 spiro atoms. The van der Waals surface area contributed by atoms with Crippen LogP contribution in [0.5, 0.6) is 5.75 Å². The Bertz CT molecular complexity index is 806. The molecule has 0 saturated heterocycles. The summed E-state index contributed by atoms with van der Waals surface area (Å²) >= 11 is 0. The second-order valence-electron chi connectivity index (χ2n) is 9.63. The van der Waals surface area contributed by atoms with E-state index in [0.717, 1.165) is 19.3 Å². The number of hydrogen-bond donors (Lipinski definition) is 4. The number of aromatic hydroxyl groups is 1. The fraction of sp³-hybridized carbons (Fsp3) is 0.640. The van der Waals surface area contributed by atoms with E-state index in [1.54, 1.807) is 32.9 Å². The van der Waals surface area contributed by atoms with E-state index in [-0.39, 0.29) is 18.3 Å². The van der Waals surface area contributed by atoms with Crippen LogP contribution < -0.4 is 10.6 Å². The minimum Gasteiger partial charge on any atom is -0.508 e. The lowest BCUT2D eigenvalue weighted by Gasteiger charge is -2.34. The molecule has 1 aromatic carbocycles. The van der Waals surface area contributed by atoms with Crippen molar-refractivity contribution in [3.8, 4) is 5.75 Å². The molecule has 2 unspecified atom stereocenters. The van der Waals surface area contributed by atoms with Gasteiger partial charge in [0.05, 0.1) is 6.61 Å². The first kappa shape index (κ1) is 29.2. The summed E-state index contributed by atoms with van der Waals surface area (Å²) in [6.45, 7) is 10.3. The van der Waals surface area contributed by atoms with Gasteiger partial charge in [0.25, 0.3) is 0 Å². The van der Waals surface area contributed by atoms with Gasteiger partial charge >= 0.3 is 6.09 Å². The predicted octanol–water partition coefficient (Wildman–Crippen LogP) is 3.25. The van der Waals surface area contributed by atoms with Gasteiger partial charge in [-0.05, 0) is 58.7 Å². The lowest BCUT2D eigenvalue weighted by atomic mass is 10.0. The molecular weight excluding hydrogens is 438 g/mol. The summed E-state index contributed by atoms with van der Waals surface area (Å²) in [6, 6.07) is 3.64. The molecule has 34 heavy (non-hydrogen) atoms. The number of carbonyl (C=O) groups is 3. The molecular formula is C25H41N3O6. The lowest BCUT2D eigenvalue weighted by molar-refractivity contribution is -0.143. The van der Waals surface area contributed by atoms with Gasteiger partial charge in [0, 0.05) is 12.6 Å². The average Bonchev–Trinajstić information content (AvgIpc) is 2.71. The van der Waals surface area contributed by atoms with Crippen LogP contribution in [0, 0.1) is 0 Å². The second kappa shape index (κ2) is 13.8. The van der Waals surface area contributed by atoms with Gasteiger partial charge in [0.2, 0.25) is 11.8 Å². The van der Waals surface area contributed by atoms with Crippen LogP contribution in [-0.2, 0) is 14.3 Å². The molecule has 0 fully saturated rings. The standard InChI is InChI=1S/C25H41N3O6/c1-7-8-9-10-14-28(23(32)20(16-29)27-24(33)34-25(4,5)6)21(22(31)26-17(2)3)18-12-11-13-19(30)15-18/h11-13,15,17,20-21,29-30H,7-10,14,16H2,1-6H3,(H,26,31)(H,27,33). The number of carbonyl (C=O) groups excluding carboxylic acids is 3. The molecule has 0 aliphatic rings. The molecule has 9 nitrogen and oxygen atoms in total. The Kier molecular flexibility index (Phi) is 11.9. The minimum absolute atomic E-state index is 0.0381. The average molecular weight is 480 g/mol. The highest BCUT2D eigenvalue weighted by Gasteiger charge is 2.36. The number of phenols is 1. The van der Waals surface area contributed by atoms with E-state index in [2.05, 4.69) is 17.6 Å². The Morgan fingerprint density at radius 1 is 1.09 bits per heavy atom. The number of ether oxygens (including phenoxy) is 1. The Balaban J connectivity index is 3.35. The Morgan fingerprint density at radius 2 is 1.76 bits per heavy atom. The van der Waals surface area contributed by atoms with E-state index < -0.39 is 42.2 Å². The van der Waals surface area contributed by atoms with E-state index in [1.165, 1.54) is 17.0 Å². The number of benzene rings is 1. The predicted molar refractivity (Wildman–Crippen MR) is 130 cm³/mol. The van der Waals surface area contributed by atoms with E-state index in [1.807, 2.05) is 13.8 Å². The molecule has 0 aliphatic carbocycles. The molecule has 0 bridgehead atoms. The maximum atomic E-state index is 13.6. The van der Waals surface area contributed by atoms with Crippen LogP contribution in [0.1, 0.15) is 78.8 Å². The van der Waals surface area contributed by atoms with Gasteiger partial charge in [-0.2, -0.15) is 0 Å². The first-order valence-corrected chi connectivity index (χ1v) is 11.9. The molecule has 1 rings (SSSR count). The van der Waals surface area contributed by atoms with Crippen molar-refractivity contribution in [2.24, 2.45) is 0 Å². The highest BCUT2D eigenvalue weighted by Crippen LogP contribution is 2.26. The number of phenolic OH excluding ortho intramolecular Hbond substituents is 1. The van der Waals surface area contributed by atoms with Gasteiger partial charge in [-0.15, -0.1) is 0 Å². The van der Waals surface area contributed by atoms with Crippen molar-refractivity contribution in [1.82, 2.24) is 15.5 Å². The van der Waals surface area contributed by atoms with Gasteiger partial charge in [0.15, 0.2) is 0 Å². The molecule has 9 heteroatoms. The number of aliphatic hydroxyl groups is 1. The van der Waals surface area contributed by atoms with Crippen LogP contribution in [0.15, 0.2) is 24.3 Å². The van der Waals surface area contributed by atoms with E-state index in [0.29, 0.717) is 12.0 Å². The first-order valence-electron chi connectivity index (χ1n) is 11.9. The molecule has 1 aromatic rings. The first-order chi connectivity index (χ1) is 15.9. The number of rotatable bonds is 12. The van der Waals surface area contributed by atoms with Crippen LogP contribution in [0.4, 0.5) is 4.79 Å². The summed E-state index contributed by atoms with van der Waals surface area (Å²) in [7, 11) is 0. The third-order valence-electron chi connectivity index (χ3n) is 4.88. The lowest BCUT2D eigenvalue weighted by Crippen LogP contribution is -2.55. The number of nitrogens with one attached hydrogen (secondary N) is 2. The van der Waals surface area contributed by atoms with Crippen molar-refractivity contribution < 1.29 is 29.3 Å². The van der Waals surface area contributed by atoms with Gasteiger partial charge in [-0.3, -0.25) is 9.59 Å². The SMILES string of the molecule is CCCCCCN(C(=O)C(CO)NC(=O)OC(C)(C)C)C(C(=O)NC(C)C)c1cccc(O)c1. The van der Waals surface area contributed by atoms with Crippen molar-refractivity contribution in [3.05, 3.63) is 29.8 Å². The normalized spacial score (nSPS) is 13.2. The highest BCUT2D eigenvalue weighted by atomic mass is 16.6. The van der Waals surface area contributed by atoms with Crippen molar-refractivity contribution in [2.45, 2.75) is 91.0 Å². The molecule has 0 aromatic heterocycles. The minimum atomic E-state index is -1.30. The molecule has 0 saturated carbocycles. The van der Waals surface area contributed by atoms with Crippen molar-refractivity contribution >= 4 is 17.9 Å². The van der Waals surface area contributed by atoms with E-state index >= 15 is 0 Å². The van der Waals surface area contributed by atoms with Crippen LogP contribution in [-0.4, -0.2) is 63.9 Å². The van der Waals surface area contributed by atoms with Crippen molar-refractivity contribution in [1.29, 1.82) is 0 Å².